The summed E-state index contributed by atoms with van der Waals surface area (Å²) < 4.78 is 41.6. The van der Waals surface area contributed by atoms with Gasteiger partial charge in [-0.3, -0.25) is 0 Å². The number of hydrogen-bond acceptors (Lipinski definition) is 3. The minimum Gasteiger partial charge on any atom is -0.392 e. The Labute approximate surface area is 133 Å². The fourth-order valence-electron chi connectivity index (χ4n) is 1.49. The van der Waals surface area contributed by atoms with Gasteiger partial charge in [-0.1, -0.05) is 43.6 Å². The van der Waals surface area contributed by atoms with Crippen LogP contribution in [0.2, 0.25) is 0 Å². The molecule has 2 N–H and O–H groups in total. The van der Waals surface area contributed by atoms with Crippen LogP contribution in [0.4, 0.5) is 4.39 Å². The average Bonchev–Trinajstić information content (AvgIpc) is 2.38. The molecule has 0 fully saturated rings. The van der Waals surface area contributed by atoms with Crippen LogP contribution in [-0.2, 0) is 16.6 Å². The van der Waals surface area contributed by atoms with Crippen LogP contribution >= 0.6 is 15.9 Å². The number of sulfonamides is 1. The van der Waals surface area contributed by atoms with E-state index >= 15 is 0 Å². The standard InChI is InChI=1S/C14H21BrFNO3S/c1-9(2)14(3,4)8-17-21(19,20)12-6-11(15)5-10(7-18)13(12)16/h5-6,9,17-18H,7-8H2,1-4H3. The van der Waals surface area contributed by atoms with Crippen LogP contribution in [0, 0.1) is 17.2 Å². The maximum Gasteiger partial charge on any atom is 0.243 e. The van der Waals surface area contributed by atoms with Crippen LogP contribution in [0.1, 0.15) is 33.3 Å². The van der Waals surface area contributed by atoms with E-state index in [0.717, 1.165) is 0 Å². The van der Waals surface area contributed by atoms with Crippen molar-refractivity contribution >= 4 is 26.0 Å². The van der Waals surface area contributed by atoms with Gasteiger partial charge in [0.1, 0.15) is 10.7 Å². The Morgan fingerprint density at radius 1 is 1.38 bits per heavy atom. The van der Waals surface area contributed by atoms with Gasteiger partial charge in [0.2, 0.25) is 10.0 Å². The molecule has 0 heterocycles. The molecule has 0 spiro atoms. The topological polar surface area (TPSA) is 66.4 Å². The highest BCUT2D eigenvalue weighted by Crippen LogP contribution is 2.27. The minimum atomic E-state index is -3.98. The van der Waals surface area contributed by atoms with Crippen molar-refractivity contribution in [1.82, 2.24) is 4.72 Å². The lowest BCUT2D eigenvalue weighted by Crippen LogP contribution is -2.37. The van der Waals surface area contributed by atoms with Crippen molar-refractivity contribution in [3.05, 3.63) is 28.0 Å². The number of hydrogen-bond donors (Lipinski definition) is 2. The number of nitrogens with one attached hydrogen (secondary N) is 1. The molecule has 0 bridgehead atoms. The zero-order chi connectivity index (χ0) is 16.4. The maximum absolute atomic E-state index is 14.1. The summed E-state index contributed by atoms with van der Waals surface area (Å²) in [6, 6.07) is 2.55. The highest BCUT2D eigenvalue weighted by Gasteiger charge is 2.27. The first-order valence-corrected chi connectivity index (χ1v) is 8.87. The molecule has 0 radical (unpaired) electrons. The van der Waals surface area contributed by atoms with Crippen LogP contribution in [-0.4, -0.2) is 20.1 Å². The average molecular weight is 382 g/mol. The van der Waals surface area contributed by atoms with Crippen LogP contribution in [0.25, 0.3) is 0 Å². The minimum absolute atomic E-state index is 0.0622. The van der Waals surface area contributed by atoms with Gasteiger partial charge in [0, 0.05) is 16.6 Å². The molecule has 0 aliphatic rings. The van der Waals surface area contributed by atoms with E-state index in [1.165, 1.54) is 12.1 Å². The van der Waals surface area contributed by atoms with Crippen LogP contribution < -0.4 is 4.72 Å². The summed E-state index contributed by atoms with van der Waals surface area (Å²) in [6.07, 6.45) is 0. The summed E-state index contributed by atoms with van der Waals surface area (Å²) in [5.74, 6) is -0.656. The first-order chi connectivity index (χ1) is 9.51. The SMILES string of the molecule is CC(C)C(C)(C)CNS(=O)(=O)c1cc(Br)cc(CO)c1F. The predicted octanol–water partition coefficient (Wildman–Crippen LogP) is 3.04. The Kier molecular flexibility index (Phi) is 5.94. The molecule has 120 valence electrons. The van der Waals surface area contributed by atoms with E-state index in [2.05, 4.69) is 20.7 Å². The van der Waals surface area contributed by atoms with Crippen molar-refractivity contribution in [3.8, 4) is 0 Å². The van der Waals surface area contributed by atoms with Gasteiger partial charge in [0.25, 0.3) is 0 Å². The van der Waals surface area contributed by atoms with Gasteiger partial charge in [0.15, 0.2) is 0 Å². The Morgan fingerprint density at radius 2 is 1.95 bits per heavy atom. The summed E-state index contributed by atoms with van der Waals surface area (Å²) in [6.45, 7) is 7.52. The Hall–Kier alpha value is -0.500. The van der Waals surface area contributed by atoms with Gasteiger partial charge in [-0.25, -0.2) is 17.5 Å². The van der Waals surface area contributed by atoms with Crippen molar-refractivity contribution < 1.29 is 17.9 Å². The molecular weight excluding hydrogens is 361 g/mol. The number of rotatable bonds is 6. The third kappa shape index (κ3) is 4.48. The Morgan fingerprint density at radius 3 is 2.43 bits per heavy atom. The molecule has 1 rings (SSSR count). The zero-order valence-corrected chi connectivity index (χ0v) is 15.0. The molecule has 0 aliphatic carbocycles. The summed E-state index contributed by atoms with van der Waals surface area (Å²) >= 11 is 3.12. The Bertz CT molecular complexity index is 615. The predicted molar refractivity (Wildman–Crippen MR) is 83.8 cm³/mol. The van der Waals surface area contributed by atoms with E-state index in [0.29, 0.717) is 4.47 Å². The molecule has 0 aromatic heterocycles. The highest BCUT2D eigenvalue weighted by atomic mass is 79.9. The fraction of sp³-hybridized carbons (Fsp3) is 0.571. The largest absolute Gasteiger partial charge is 0.392 e. The fourth-order valence-corrected chi connectivity index (χ4v) is 3.52. The maximum atomic E-state index is 14.1. The van der Waals surface area contributed by atoms with Gasteiger partial charge in [-0.15, -0.1) is 0 Å². The number of aliphatic hydroxyl groups excluding tert-OH is 1. The number of aliphatic hydroxyl groups is 1. The highest BCUT2D eigenvalue weighted by molar-refractivity contribution is 9.10. The van der Waals surface area contributed by atoms with Gasteiger partial charge >= 0.3 is 0 Å². The second-order valence-corrected chi connectivity index (χ2v) is 8.65. The van der Waals surface area contributed by atoms with E-state index in [1.54, 1.807) is 0 Å². The molecule has 4 nitrogen and oxygen atoms in total. The van der Waals surface area contributed by atoms with E-state index in [4.69, 9.17) is 5.11 Å². The molecule has 0 atom stereocenters. The molecule has 7 heteroatoms. The summed E-state index contributed by atoms with van der Waals surface area (Å²) in [7, 11) is -3.98. The van der Waals surface area contributed by atoms with Crippen LogP contribution in [0.15, 0.2) is 21.5 Å². The van der Waals surface area contributed by atoms with Gasteiger partial charge in [-0.2, -0.15) is 0 Å². The van der Waals surface area contributed by atoms with Gasteiger partial charge in [0.05, 0.1) is 6.61 Å². The van der Waals surface area contributed by atoms with E-state index in [1.807, 2.05) is 27.7 Å². The lowest BCUT2D eigenvalue weighted by atomic mass is 9.81. The van der Waals surface area contributed by atoms with Crippen molar-refractivity contribution in [2.45, 2.75) is 39.2 Å². The van der Waals surface area contributed by atoms with E-state index in [9.17, 15) is 12.8 Å². The lowest BCUT2D eigenvalue weighted by molar-refractivity contribution is 0.252. The molecule has 1 aromatic carbocycles. The van der Waals surface area contributed by atoms with Gasteiger partial charge < -0.3 is 5.11 Å². The molecule has 0 amide bonds. The second-order valence-electron chi connectivity index (χ2n) is 6.00. The smallest absolute Gasteiger partial charge is 0.243 e. The molecule has 0 saturated heterocycles. The van der Waals surface area contributed by atoms with Gasteiger partial charge in [-0.05, 0) is 23.5 Å². The third-order valence-electron chi connectivity index (χ3n) is 3.82. The molecule has 1 aromatic rings. The summed E-state index contributed by atoms with van der Waals surface area (Å²) in [5, 5.41) is 9.09. The Balaban J connectivity index is 3.12. The summed E-state index contributed by atoms with van der Waals surface area (Å²) in [5.41, 5.74) is -0.317. The molecule has 0 unspecified atom stereocenters. The zero-order valence-electron chi connectivity index (χ0n) is 12.6. The quantitative estimate of drug-likeness (QED) is 0.795. The summed E-state index contributed by atoms with van der Waals surface area (Å²) in [4.78, 5) is -0.458. The van der Waals surface area contributed by atoms with Crippen molar-refractivity contribution in [3.63, 3.8) is 0 Å². The lowest BCUT2D eigenvalue weighted by Gasteiger charge is -2.29. The normalized spacial score (nSPS) is 13.0. The monoisotopic (exact) mass is 381 g/mol. The molecule has 0 aliphatic heterocycles. The van der Waals surface area contributed by atoms with Crippen molar-refractivity contribution in [1.29, 1.82) is 0 Å². The number of benzene rings is 1. The molecular formula is C14H21BrFNO3S. The molecule has 21 heavy (non-hydrogen) atoms. The van der Waals surface area contributed by atoms with Crippen molar-refractivity contribution in [2.24, 2.45) is 11.3 Å². The van der Waals surface area contributed by atoms with E-state index in [-0.39, 0.29) is 23.4 Å². The first-order valence-electron chi connectivity index (χ1n) is 6.59. The first kappa shape index (κ1) is 18.5. The van der Waals surface area contributed by atoms with Crippen LogP contribution in [0.3, 0.4) is 0 Å². The number of halogens is 2. The third-order valence-corrected chi connectivity index (χ3v) is 5.68. The van der Waals surface area contributed by atoms with Crippen LogP contribution in [0.5, 0.6) is 0 Å². The van der Waals surface area contributed by atoms with Crippen molar-refractivity contribution in [2.75, 3.05) is 6.54 Å². The van der Waals surface area contributed by atoms with E-state index < -0.39 is 27.3 Å². The second kappa shape index (κ2) is 6.73. The molecule has 0 saturated carbocycles.